The summed E-state index contributed by atoms with van der Waals surface area (Å²) in [7, 11) is 3.27. The number of rotatable bonds is 7. The van der Waals surface area contributed by atoms with Gasteiger partial charge in [-0.05, 0) is 12.8 Å². The summed E-state index contributed by atoms with van der Waals surface area (Å²) in [6.45, 7) is 3.17. The number of pyridine rings is 1. The lowest BCUT2D eigenvalue weighted by Crippen LogP contribution is -2.37. The third-order valence-corrected chi connectivity index (χ3v) is 3.72. The molecular formula is C15H24N2O4. The molecule has 1 N–H and O–H groups in total. The minimum atomic E-state index is 0.0884. The lowest BCUT2D eigenvalue weighted by atomic mass is 10.1. The van der Waals surface area contributed by atoms with Crippen molar-refractivity contribution in [2.45, 2.75) is 25.5 Å². The smallest absolute Gasteiger partial charge is 0.183 e. The van der Waals surface area contributed by atoms with Gasteiger partial charge in [0.1, 0.15) is 5.69 Å². The third-order valence-electron chi connectivity index (χ3n) is 3.72. The van der Waals surface area contributed by atoms with E-state index in [2.05, 4.69) is 9.88 Å². The molecule has 118 valence electrons. The summed E-state index contributed by atoms with van der Waals surface area (Å²) in [6, 6.07) is 1.80. The van der Waals surface area contributed by atoms with Crippen LogP contribution in [0, 0.1) is 0 Å². The minimum absolute atomic E-state index is 0.0884. The number of methoxy groups -OCH3 is 2. The highest BCUT2D eigenvalue weighted by Gasteiger charge is 2.21. The van der Waals surface area contributed by atoms with Crippen LogP contribution in [0.15, 0.2) is 12.3 Å². The maximum Gasteiger partial charge on any atom is 0.183 e. The van der Waals surface area contributed by atoms with Gasteiger partial charge in [0, 0.05) is 31.9 Å². The summed E-state index contributed by atoms with van der Waals surface area (Å²) >= 11 is 0. The van der Waals surface area contributed by atoms with E-state index in [-0.39, 0.29) is 12.7 Å². The van der Waals surface area contributed by atoms with Gasteiger partial charge in [-0.15, -0.1) is 0 Å². The maximum atomic E-state index is 8.78. The molecule has 0 radical (unpaired) electrons. The minimum Gasteiger partial charge on any atom is -0.493 e. The second kappa shape index (κ2) is 8.17. The lowest BCUT2D eigenvalue weighted by Gasteiger charge is -2.31. The summed E-state index contributed by atoms with van der Waals surface area (Å²) < 4.78 is 16.3. The summed E-state index contributed by atoms with van der Waals surface area (Å²) in [5.41, 5.74) is 0.895. The quantitative estimate of drug-likeness (QED) is 0.812. The molecule has 0 saturated carbocycles. The van der Waals surface area contributed by atoms with E-state index in [1.165, 1.54) is 0 Å². The molecule has 1 aliphatic rings. The number of nitrogens with zero attached hydrogens (tertiary/aromatic N) is 2. The van der Waals surface area contributed by atoms with Crippen molar-refractivity contribution in [2.24, 2.45) is 0 Å². The molecule has 6 nitrogen and oxygen atoms in total. The zero-order valence-corrected chi connectivity index (χ0v) is 12.7. The summed E-state index contributed by atoms with van der Waals surface area (Å²) in [5, 5.41) is 8.78. The number of aliphatic hydroxyl groups is 1. The zero-order valence-electron chi connectivity index (χ0n) is 12.7. The Morgan fingerprint density at radius 3 is 2.67 bits per heavy atom. The molecule has 2 heterocycles. The molecule has 0 spiro atoms. The fraction of sp³-hybridized carbons (Fsp3) is 0.667. The van der Waals surface area contributed by atoms with E-state index in [1.54, 1.807) is 26.5 Å². The molecule has 0 unspecified atom stereocenters. The van der Waals surface area contributed by atoms with Crippen molar-refractivity contribution < 1.29 is 19.3 Å². The van der Waals surface area contributed by atoms with E-state index in [0.29, 0.717) is 18.1 Å². The number of aliphatic hydroxyl groups excluding tert-OH is 1. The first-order valence-electron chi connectivity index (χ1n) is 7.29. The van der Waals surface area contributed by atoms with Crippen LogP contribution in [0.2, 0.25) is 0 Å². The van der Waals surface area contributed by atoms with Gasteiger partial charge in [0.25, 0.3) is 0 Å². The van der Waals surface area contributed by atoms with Gasteiger partial charge in [-0.25, -0.2) is 0 Å². The molecule has 0 bridgehead atoms. The van der Waals surface area contributed by atoms with Crippen LogP contribution in [0.25, 0.3) is 0 Å². The number of piperidine rings is 1. The van der Waals surface area contributed by atoms with Gasteiger partial charge in [-0.1, -0.05) is 0 Å². The first-order valence-corrected chi connectivity index (χ1v) is 7.29. The first kappa shape index (κ1) is 16.0. The Bertz CT molecular complexity index is 434. The molecule has 0 amide bonds. The molecule has 0 aliphatic carbocycles. The van der Waals surface area contributed by atoms with E-state index >= 15 is 0 Å². The molecule has 21 heavy (non-hydrogen) atoms. The molecule has 0 aromatic carbocycles. The van der Waals surface area contributed by atoms with Crippen molar-refractivity contribution in [3.05, 3.63) is 18.0 Å². The highest BCUT2D eigenvalue weighted by Crippen LogP contribution is 2.30. The maximum absolute atomic E-state index is 8.78. The highest BCUT2D eigenvalue weighted by atomic mass is 16.5. The van der Waals surface area contributed by atoms with E-state index in [0.717, 1.165) is 38.2 Å². The van der Waals surface area contributed by atoms with Crippen LogP contribution in [-0.4, -0.2) is 61.6 Å². The van der Waals surface area contributed by atoms with E-state index in [9.17, 15) is 0 Å². The molecular weight excluding hydrogens is 272 g/mol. The second-order valence-electron chi connectivity index (χ2n) is 5.06. The molecule has 1 fully saturated rings. The summed E-state index contributed by atoms with van der Waals surface area (Å²) in [4.78, 5) is 6.75. The van der Waals surface area contributed by atoms with Crippen LogP contribution in [-0.2, 0) is 11.3 Å². The SMILES string of the molecule is COc1ccnc(CN2CCC(OCCO)CC2)c1OC. The largest absolute Gasteiger partial charge is 0.493 e. The molecule has 1 aliphatic heterocycles. The third kappa shape index (κ3) is 4.30. The summed E-state index contributed by atoms with van der Waals surface area (Å²) in [6.07, 6.45) is 3.96. The number of hydrogen-bond donors (Lipinski definition) is 1. The normalized spacial score (nSPS) is 16.9. The molecule has 1 aromatic heterocycles. The first-order chi connectivity index (χ1) is 10.3. The summed E-state index contributed by atoms with van der Waals surface area (Å²) in [5.74, 6) is 1.42. The van der Waals surface area contributed by atoms with Gasteiger partial charge in [0.2, 0.25) is 0 Å². The lowest BCUT2D eigenvalue weighted by molar-refractivity contribution is -0.00929. The van der Waals surface area contributed by atoms with Crippen molar-refractivity contribution in [3.8, 4) is 11.5 Å². The van der Waals surface area contributed by atoms with Crippen LogP contribution in [0.3, 0.4) is 0 Å². The van der Waals surface area contributed by atoms with Crippen LogP contribution < -0.4 is 9.47 Å². The number of ether oxygens (including phenoxy) is 3. The van der Waals surface area contributed by atoms with Crippen LogP contribution in [0.1, 0.15) is 18.5 Å². The van der Waals surface area contributed by atoms with Gasteiger partial charge in [-0.3, -0.25) is 9.88 Å². The predicted molar refractivity (Wildman–Crippen MR) is 78.7 cm³/mol. The van der Waals surface area contributed by atoms with E-state index in [4.69, 9.17) is 19.3 Å². The fourth-order valence-electron chi connectivity index (χ4n) is 2.63. The Morgan fingerprint density at radius 2 is 2.05 bits per heavy atom. The predicted octanol–water partition coefficient (Wildman–Crippen LogP) is 1.07. The average molecular weight is 296 g/mol. The van der Waals surface area contributed by atoms with Crippen LogP contribution in [0.4, 0.5) is 0 Å². The number of aromatic nitrogens is 1. The van der Waals surface area contributed by atoms with Crippen molar-refractivity contribution in [3.63, 3.8) is 0 Å². The highest BCUT2D eigenvalue weighted by molar-refractivity contribution is 5.42. The van der Waals surface area contributed by atoms with Crippen molar-refractivity contribution in [2.75, 3.05) is 40.5 Å². The second-order valence-corrected chi connectivity index (χ2v) is 5.06. The number of likely N-dealkylation sites (tertiary alicyclic amines) is 1. The monoisotopic (exact) mass is 296 g/mol. The molecule has 1 aromatic rings. The van der Waals surface area contributed by atoms with Gasteiger partial charge >= 0.3 is 0 Å². The Labute approximate surface area is 125 Å². The van der Waals surface area contributed by atoms with Crippen molar-refractivity contribution in [1.29, 1.82) is 0 Å². The Hall–Kier alpha value is -1.37. The standard InChI is InChI=1S/C15H24N2O4/c1-19-14-3-6-16-13(15(14)20-2)11-17-7-4-12(5-8-17)21-10-9-18/h3,6,12,18H,4-5,7-11H2,1-2H3. The van der Waals surface area contributed by atoms with Gasteiger partial charge < -0.3 is 19.3 Å². The van der Waals surface area contributed by atoms with Gasteiger partial charge in [0.15, 0.2) is 11.5 Å². The van der Waals surface area contributed by atoms with Crippen LogP contribution in [0.5, 0.6) is 11.5 Å². The molecule has 1 saturated heterocycles. The van der Waals surface area contributed by atoms with Crippen molar-refractivity contribution >= 4 is 0 Å². The fourth-order valence-corrected chi connectivity index (χ4v) is 2.63. The molecule has 6 heteroatoms. The Morgan fingerprint density at radius 1 is 1.29 bits per heavy atom. The number of hydrogen-bond acceptors (Lipinski definition) is 6. The van der Waals surface area contributed by atoms with E-state index in [1.807, 2.05) is 0 Å². The average Bonchev–Trinajstić information content (AvgIpc) is 2.54. The Kier molecular flexibility index (Phi) is 6.22. The Balaban J connectivity index is 1.91. The van der Waals surface area contributed by atoms with E-state index < -0.39 is 0 Å². The van der Waals surface area contributed by atoms with Crippen LogP contribution >= 0.6 is 0 Å². The topological polar surface area (TPSA) is 64.1 Å². The zero-order chi connectivity index (χ0) is 15.1. The molecule has 0 atom stereocenters. The van der Waals surface area contributed by atoms with Gasteiger partial charge in [0.05, 0.1) is 33.5 Å². The van der Waals surface area contributed by atoms with Crippen molar-refractivity contribution in [1.82, 2.24) is 9.88 Å². The molecule has 2 rings (SSSR count). The van der Waals surface area contributed by atoms with Gasteiger partial charge in [-0.2, -0.15) is 0 Å².